The van der Waals surface area contributed by atoms with Crippen LogP contribution < -0.4 is 5.32 Å². The summed E-state index contributed by atoms with van der Waals surface area (Å²) >= 11 is 9.42. The number of halogens is 3. The topological polar surface area (TPSA) is 29.1 Å². The van der Waals surface area contributed by atoms with Crippen LogP contribution in [0, 0.1) is 5.82 Å². The third-order valence-corrected chi connectivity index (χ3v) is 4.76. The van der Waals surface area contributed by atoms with Crippen molar-refractivity contribution in [3.8, 4) is 0 Å². The zero-order chi connectivity index (χ0) is 18.5. The van der Waals surface area contributed by atoms with Gasteiger partial charge in [-0.2, -0.15) is 0 Å². The van der Waals surface area contributed by atoms with Crippen molar-refractivity contribution in [2.75, 3.05) is 5.32 Å². The molecule has 0 unspecified atom stereocenters. The molecule has 0 aliphatic heterocycles. The number of rotatable bonds is 6. The van der Waals surface area contributed by atoms with Crippen LogP contribution in [0.5, 0.6) is 0 Å². The summed E-state index contributed by atoms with van der Waals surface area (Å²) in [6.45, 7) is 0. The molecule has 2 nitrogen and oxygen atoms in total. The highest BCUT2D eigenvalue weighted by atomic mass is 79.9. The lowest BCUT2D eigenvalue weighted by atomic mass is 9.97. The monoisotopic (exact) mass is 431 g/mol. The van der Waals surface area contributed by atoms with E-state index in [9.17, 15) is 9.18 Å². The SMILES string of the molecule is O=C(C[C@H](Nc1cccc(Cl)c1)c1ccc(F)cc1)c1ccc(Br)cc1. The maximum atomic E-state index is 13.3. The van der Waals surface area contributed by atoms with Gasteiger partial charge < -0.3 is 5.32 Å². The summed E-state index contributed by atoms with van der Waals surface area (Å²) in [5, 5.41) is 3.93. The van der Waals surface area contributed by atoms with Crippen molar-refractivity contribution in [1.82, 2.24) is 0 Å². The van der Waals surface area contributed by atoms with Crippen LogP contribution in [0.25, 0.3) is 0 Å². The van der Waals surface area contributed by atoms with Gasteiger partial charge in [0.1, 0.15) is 5.82 Å². The van der Waals surface area contributed by atoms with E-state index in [1.807, 2.05) is 24.3 Å². The van der Waals surface area contributed by atoms with E-state index in [1.165, 1.54) is 12.1 Å². The van der Waals surface area contributed by atoms with Gasteiger partial charge in [0.05, 0.1) is 6.04 Å². The largest absolute Gasteiger partial charge is 0.378 e. The standard InChI is InChI=1S/C21H16BrClFNO/c22-16-8-4-15(5-9-16)21(26)13-20(14-6-10-18(24)11-7-14)25-19-3-1-2-17(23)12-19/h1-12,20,25H,13H2/t20-/m0/s1. The lowest BCUT2D eigenvalue weighted by molar-refractivity contribution is 0.0976. The molecule has 3 aromatic rings. The molecule has 1 atom stereocenters. The molecule has 1 N–H and O–H groups in total. The molecule has 3 rings (SSSR count). The molecule has 0 spiro atoms. The average molecular weight is 433 g/mol. The first kappa shape index (κ1) is 18.6. The van der Waals surface area contributed by atoms with Gasteiger partial charge in [-0.25, -0.2) is 4.39 Å². The highest BCUT2D eigenvalue weighted by Crippen LogP contribution is 2.26. The van der Waals surface area contributed by atoms with Gasteiger partial charge in [0.2, 0.25) is 0 Å². The maximum absolute atomic E-state index is 13.3. The molecule has 0 amide bonds. The summed E-state index contributed by atoms with van der Waals surface area (Å²) in [7, 11) is 0. The number of benzene rings is 3. The Morgan fingerprint density at radius 2 is 1.73 bits per heavy atom. The summed E-state index contributed by atoms with van der Waals surface area (Å²) in [6.07, 6.45) is 0.236. The van der Waals surface area contributed by atoms with Crippen LogP contribution in [0.3, 0.4) is 0 Å². The van der Waals surface area contributed by atoms with Crippen LogP contribution in [0.4, 0.5) is 10.1 Å². The zero-order valence-corrected chi connectivity index (χ0v) is 16.1. The van der Waals surface area contributed by atoms with Gasteiger partial charge in [-0.05, 0) is 48.0 Å². The van der Waals surface area contributed by atoms with Crippen molar-refractivity contribution in [3.05, 3.63) is 99.2 Å². The van der Waals surface area contributed by atoms with Gasteiger partial charge in [0, 0.05) is 27.2 Å². The van der Waals surface area contributed by atoms with Gasteiger partial charge in [-0.3, -0.25) is 4.79 Å². The Balaban J connectivity index is 1.85. The average Bonchev–Trinajstić information content (AvgIpc) is 2.62. The van der Waals surface area contributed by atoms with E-state index >= 15 is 0 Å². The lowest BCUT2D eigenvalue weighted by Gasteiger charge is -2.20. The number of carbonyl (C=O) groups is 1. The van der Waals surface area contributed by atoms with Crippen LogP contribution in [0.1, 0.15) is 28.4 Å². The van der Waals surface area contributed by atoms with Crippen LogP contribution in [-0.4, -0.2) is 5.78 Å². The number of anilines is 1. The Morgan fingerprint density at radius 1 is 1.04 bits per heavy atom. The first-order valence-corrected chi connectivity index (χ1v) is 9.25. The normalized spacial score (nSPS) is 11.8. The Hall–Kier alpha value is -2.17. The molecule has 5 heteroatoms. The quantitative estimate of drug-likeness (QED) is 0.441. The Bertz CT molecular complexity index is 897. The van der Waals surface area contributed by atoms with Crippen molar-refractivity contribution in [2.24, 2.45) is 0 Å². The van der Waals surface area contributed by atoms with Crippen molar-refractivity contribution in [3.63, 3.8) is 0 Å². The highest BCUT2D eigenvalue weighted by molar-refractivity contribution is 9.10. The highest BCUT2D eigenvalue weighted by Gasteiger charge is 2.18. The summed E-state index contributed by atoms with van der Waals surface area (Å²) in [5.41, 5.74) is 2.26. The molecule has 0 saturated heterocycles. The second-order valence-electron chi connectivity index (χ2n) is 5.89. The molecule has 26 heavy (non-hydrogen) atoms. The smallest absolute Gasteiger partial charge is 0.165 e. The molecule has 0 bridgehead atoms. The van der Waals surface area contributed by atoms with Crippen LogP contribution in [-0.2, 0) is 0 Å². The Kier molecular flexibility index (Phi) is 6.07. The molecule has 3 aromatic carbocycles. The minimum atomic E-state index is -0.311. The maximum Gasteiger partial charge on any atom is 0.165 e. The van der Waals surface area contributed by atoms with E-state index in [4.69, 9.17) is 11.6 Å². The molecule has 0 radical (unpaired) electrons. The number of Topliss-reactive ketones (excluding diaryl/α,β-unsaturated/α-hetero) is 1. The molecule has 0 saturated carbocycles. The predicted octanol–water partition coefficient (Wildman–Crippen LogP) is 6.67. The third kappa shape index (κ3) is 4.93. The number of carbonyl (C=O) groups excluding carboxylic acids is 1. The van der Waals surface area contributed by atoms with Crippen LogP contribution in [0.15, 0.2) is 77.3 Å². The van der Waals surface area contributed by atoms with Gasteiger partial charge in [-0.15, -0.1) is 0 Å². The van der Waals surface area contributed by atoms with Gasteiger partial charge in [-0.1, -0.05) is 57.9 Å². The van der Waals surface area contributed by atoms with Crippen LogP contribution >= 0.6 is 27.5 Å². The fraction of sp³-hybridized carbons (Fsp3) is 0.0952. The summed E-state index contributed by atoms with van der Waals surface area (Å²) < 4.78 is 14.2. The molecule has 0 aliphatic rings. The lowest BCUT2D eigenvalue weighted by Crippen LogP contribution is -2.16. The van der Waals surface area contributed by atoms with Gasteiger partial charge in [0.25, 0.3) is 0 Å². The van der Waals surface area contributed by atoms with Crippen molar-refractivity contribution in [2.45, 2.75) is 12.5 Å². The van der Waals surface area contributed by atoms with Crippen LogP contribution in [0.2, 0.25) is 5.02 Å². The van der Waals surface area contributed by atoms with E-state index in [0.717, 1.165) is 15.7 Å². The van der Waals surface area contributed by atoms with E-state index in [-0.39, 0.29) is 24.1 Å². The predicted molar refractivity (Wildman–Crippen MR) is 107 cm³/mol. The number of hydrogen-bond donors (Lipinski definition) is 1. The Morgan fingerprint density at radius 3 is 2.38 bits per heavy atom. The second-order valence-corrected chi connectivity index (χ2v) is 7.25. The fourth-order valence-corrected chi connectivity index (χ4v) is 3.12. The minimum absolute atomic E-state index is 0.00125. The summed E-state index contributed by atoms with van der Waals surface area (Å²) in [5.74, 6) is -0.309. The van der Waals surface area contributed by atoms with E-state index in [1.54, 1.807) is 36.4 Å². The fourth-order valence-electron chi connectivity index (χ4n) is 2.67. The van der Waals surface area contributed by atoms with Gasteiger partial charge in [0.15, 0.2) is 5.78 Å². The van der Waals surface area contributed by atoms with E-state index in [2.05, 4.69) is 21.2 Å². The van der Waals surface area contributed by atoms with Crippen molar-refractivity contribution >= 4 is 39.0 Å². The van der Waals surface area contributed by atoms with Gasteiger partial charge >= 0.3 is 0 Å². The molecular formula is C21H16BrClFNO. The molecule has 0 heterocycles. The molecule has 0 aliphatic carbocycles. The summed E-state index contributed by atoms with van der Waals surface area (Å²) in [4.78, 5) is 12.7. The first-order chi connectivity index (χ1) is 12.5. The van der Waals surface area contributed by atoms with Crippen molar-refractivity contribution in [1.29, 1.82) is 0 Å². The van der Waals surface area contributed by atoms with E-state index < -0.39 is 0 Å². The Labute approximate surface area is 165 Å². The first-order valence-electron chi connectivity index (χ1n) is 8.07. The third-order valence-electron chi connectivity index (χ3n) is 3.99. The second kappa shape index (κ2) is 8.47. The molecule has 0 fully saturated rings. The van der Waals surface area contributed by atoms with Crippen molar-refractivity contribution < 1.29 is 9.18 Å². The minimum Gasteiger partial charge on any atom is -0.378 e. The number of nitrogens with one attached hydrogen (secondary N) is 1. The number of ketones is 1. The number of hydrogen-bond acceptors (Lipinski definition) is 2. The molecule has 132 valence electrons. The molecule has 0 aromatic heterocycles. The summed E-state index contributed by atoms with van der Waals surface area (Å²) in [6, 6.07) is 20.4. The van der Waals surface area contributed by atoms with E-state index in [0.29, 0.717) is 10.6 Å². The zero-order valence-electron chi connectivity index (χ0n) is 13.8. The molecular weight excluding hydrogens is 417 g/mol.